The molecule has 0 saturated carbocycles. The molecule has 1 fully saturated rings. The van der Waals surface area contributed by atoms with Gasteiger partial charge in [0.1, 0.15) is 0 Å². The maximum Gasteiger partial charge on any atom is 0.338 e. The fourth-order valence-electron chi connectivity index (χ4n) is 2.32. The molecule has 0 amide bonds. The van der Waals surface area contributed by atoms with Crippen molar-refractivity contribution in [2.75, 3.05) is 18.0 Å². The first kappa shape index (κ1) is 13.7. The van der Waals surface area contributed by atoms with E-state index in [0.29, 0.717) is 13.1 Å². The summed E-state index contributed by atoms with van der Waals surface area (Å²) < 4.78 is 33.1. The highest BCUT2D eigenvalue weighted by Gasteiger charge is 2.27. The molecule has 1 aromatic rings. The Labute approximate surface area is 109 Å². The van der Waals surface area contributed by atoms with Gasteiger partial charge >= 0.3 is 5.97 Å². The molecule has 0 radical (unpaired) electrons. The van der Waals surface area contributed by atoms with Crippen molar-refractivity contribution < 1.29 is 23.4 Å². The van der Waals surface area contributed by atoms with Crippen molar-refractivity contribution in [3.05, 3.63) is 29.3 Å². The lowest BCUT2D eigenvalue weighted by atomic mass is 10.1. The molecule has 0 aliphatic carbocycles. The van der Waals surface area contributed by atoms with E-state index in [4.69, 9.17) is 9.84 Å². The molecule has 0 aromatic heterocycles. The molecular weight excluding hydrogens is 256 g/mol. The normalized spacial score (nSPS) is 23.5. The highest BCUT2D eigenvalue weighted by molar-refractivity contribution is 5.88. The lowest BCUT2D eigenvalue weighted by Gasteiger charge is -2.37. The smallest absolute Gasteiger partial charge is 0.338 e. The average molecular weight is 271 g/mol. The summed E-state index contributed by atoms with van der Waals surface area (Å²) in [5.74, 6) is -3.93. The van der Waals surface area contributed by atoms with Gasteiger partial charge in [0.15, 0.2) is 11.6 Å². The monoisotopic (exact) mass is 271 g/mol. The topological polar surface area (TPSA) is 49.8 Å². The Morgan fingerprint density at radius 2 is 1.84 bits per heavy atom. The Hall–Kier alpha value is -1.69. The number of anilines is 1. The predicted molar refractivity (Wildman–Crippen MR) is 65.5 cm³/mol. The van der Waals surface area contributed by atoms with Crippen LogP contribution >= 0.6 is 0 Å². The van der Waals surface area contributed by atoms with Crippen LogP contribution < -0.4 is 4.90 Å². The van der Waals surface area contributed by atoms with Crippen LogP contribution in [0.4, 0.5) is 14.5 Å². The largest absolute Gasteiger partial charge is 0.478 e. The fraction of sp³-hybridized carbons (Fsp3) is 0.462. The van der Waals surface area contributed by atoms with Gasteiger partial charge in [-0.1, -0.05) is 0 Å². The highest BCUT2D eigenvalue weighted by Crippen LogP contribution is 2.27. The van der Waals surface area contributed by atoms with Gasteiger partial charge in [-0.25, -0.2) is 13.6 Å². The van der Waals surface area contributed by atoms with Crippen LogP contribution in [0.5, 0.6) is 0 Å². The summed E-state index contributed by atoms with van der Waals surface area (Å²) in [5.41, 5.74) is -0.583. The first-order valence-electron chi connectivity index (χ1n) is 6.02. The van der Waals surface area contributed by atoms with Crippen LogP contribution in [0.15, 0.2) is 12.1 Å². The second kappa shape index (κ2) is 5.13. The van der Waals surface area contributed by atoms with Gasteiger partial charge in [-0.15, -0.1) is 0 Å². The SMILES string of the molecule is C[C@@H]1CN(c2ccc(C(=O)O)c(F)c2F)C[C@H](C)O1. The zero-order valence-corrected chi connectivity index (χ0v) is 10.7. The Kier molecular flexibility index (Phi) is 3.71. The Balaban J connectivity index is 2.35. The number of carbonyl (C=O) groups is 1. The molecule has 2 rings (SSSR count). The van der Waals surface area contributed by atoms with Crippen molar-refractivity contribution in [3.63, 3.8) is 0 Å². The number of benzene rings is 1. The second-order valence-corrected chi connectivity index (χ2v) is 4.73. The molecule has 1 saturated heterocycles. The van der Waals surface area contributed by atoms with E-state index in [0.717, 1.165) is 6.07 Å². The van der Waals surface area contributed by atoms with Gasteiger partial charge in [0.2, 0.25) is 0 Å². The maximum atomic E-state index is 13.9. The summed E-state index contributed by atoms with van der Waals surface area (Å²) in [6, 6.07) is 2.38. The number of halogens is 2. The van der Waals surface area contributed by atoms with Crippen LogP contribution in [0.3, 0.4) is 0 Å². The first-order chi connectivity index (χ1) is 8.90. The Bertz CT molecular complexity index is 497. The van der Waals surface area contributed by atoms with Crippen molar-refractivity contribution in [1.82, 2.24) is 0 Å². The number of carboxylic acids is 1. The molecular formula is C13H15F2NO3. The molecule has 6 heteroatoms. The van der Waals surface area contributed by atoms with Crippen molar-refractivity contribution in [2.24, 2.45) is 0 Å². The van der Waals surface area contributed by atoms with E-state index in [1.165, 1.54) is 6.07 Å². The summed E-state index contributed by atoms with van der Waals surface area (Å²) in [4.78, 5) is 12.4. The van der Waals surface area contributed by atoms with Crippen LogP contribution in [0.2, 0.25) is 0 Å². The number of hydrogen-bond acceptors (Lipinski definition) is 3. The summed E-state index contributed by atoms with van der Waals surface area (Å²) in [7, 11) is 0. The Morgan fingerprint density at radius 3 is 2.37 bits per heavy atom. The molecule has 1 heterocycles. The van der Waals surface area contributed by atoms with E-state index >= 15 is 0 Å². The number of rotatable bonds is 2. The van der Waals surface area contributed by atoms with Crippen LogP contribution in [-0.4, -0.2) is 36.4 Å². The quantitative estimate of drug-likeness (QED) is 0.896. The lowest BCUT2D eigenvalue weighted by Crippen LogP contribution is -2.46. The predicted octanol–water partition coefficient (Wildman–Crippen LogP) is 2.28. The van der Waals surface area contributed by atoms with Crippen LogP contribution in [0, 0.1) is 11.6 Å². The molecule has 19 heavy (non-hydrogen) atoms. The molecule has 1 aliphatic heterocycles. The third-order valence-corrected chi connectivity index (χ3v) is 3.05. The minimum Gasteiger partial charge on any atom is -0.478 e. The van der Waals surface area contributed by atoms with Gasteiger partial charge in [-0.2, -0.15) is 0 Å². The van der Waals surface area contributed by atoms with Crippen LogP contribution in [0.1, 0.15) is 24.2 Å². The fourth-order valence-corrected chi connectivity index (χ4v) is 2.32. The van der Waals surface area contributed by atoms with Gasteiger partial charge in [0, 0.05) is 13.1 Å². The van der Waals surface area contributed by atoms with E-state index in [2.05, 4.69) is 0 Å². The van der Waals surface area contributed by atoms with E-state index in [-0.39, 0.29) is 17.9 Å². The van der Waals surface area contributed by atoms with Crippen molar-refractivity contribution in [3.8, 4) is 0 Å². The molecule has 4 nitrogen and oxygen atoms in total. The van der Waals surface area contributed by atoms with Gasteiger partial charge in [0.05, 0.1) is 23.5 Å². The average Bonchev–Trinajstić information content (AvgIpc) is 2.30. The zero-order chi connectivity index (χ0) is 14.2. The zero-order valence-electron chi connectivity index (χ0n) is 10.7. The second-order valence-electron chi connectivity index (χ2n) is 4.73. The van der Waals surface area contributed by atoms with E-state index < -0.39 is 23.2 Å². The molecule has 2 atom stereocenters. The summed E-state index contributed by atoms with van der Waals surface area (Å²) >= 11 is 0. The lowest BCUT2D eigenvalue weighted by molar-refractivity contribution is -0.00544. The van der Waals surface area contributed by atoms with E-state index in [1.807, 2.05) is 13.8 Å². The third kappa shape index (κ3) is 2.68. The summed E-state index contributed by atoms with van der Waals surface area (Å²) in [5, 5.41) is 8.74. The standard InChI is InChI=1S/C13H15F2NO3/c1-7-5-16(6-8(2)19-7)10-4-3-9(13(17)18)11(14)12(10)15/h3-4,7-8H,5-6H2,1-2H3,(H,17,18)/t7-,8+. The molecule has 0 bridgehead atoms. The number of hydrogen-bond donors (Lipinski definition) is 1. The number of nitrogens with zero attached hydrogens (tertiary/aromatic N) is 1. The van der Waals surface area contributed by atoms with Crippen molar-refractivity contribution in [2.45, 2.75) is 26.1 Å². The summed E-state index contributed by atoms with van der Waals surface area (Å²) in [6.07, 6.45) is -0.185. The maximum absolute atomic E-state index is 13.9. The van der Waals surface area contributed by atoms with E-state index in [9.17, 15) is 13.6 Å². The van der Waals surface area contributed by atoms with Crippen LogP contribution in [-0.2, 0) is 4.74 Å². The van der Waals surface area contributed by atoms with Gasteiger partial charge in [0.25, 0.3) is 0 Å². The number of morpholine rings is 1. The number of ether oxygens (including phenoxy) is 1. The molecule has 104 valence electrons. The third-order valence-electron chi connectivity index (χ3n) is 3.05. The Morgan fingerprint density at radius 1 is 1.26 bits per heavy atom. The summed E-state index contributed by atoms with van der Waals surface area (Å²) in [6.45, 7) is 4.57. The minimum atomic E-state index is -1.48. The van der Waals surface area contributed by atoms with Gasteiger partial charge < -0.3 is 14.7 Å². The number of carboxylic acid groups (broad SMARTS) is 1. The minimum absolute atomic E-state index is 0.0736. The van der Waals surface area contributed by atoms with Crippen LogP contribution in [0.25, 0.3) is 0 Å². The molecule has 1 aliphatic rings. The molecule has 1 N–H and O–H groups in total. The first-order valence-corrected chi connectivity index (χ1v) is 6.02. The molecule has 0 spiro atoms. The van der Waals surface area contributed by atoms with E-state index in [1.54, 1.807) is 4.90 Å². The van der Waals surface area contributed by atoms with Gasteiger partial charge in [-0.3, -0.25) is 0 Å². The molecule has 1 aromatic carbocycles. The molecule has 0 unspecified atom stereocenters. The highest BCUT2D eigenvalue weighted by atomic mass is 19.2. The number of aromatic carboxylic acids is 1. The van der Waals surface area contributed by atoms with Gasteiger partial charge in [-0.05, 0) is 26.0 Å². The van der Waals surface area contributed by atoms with Crippen molar-refractivity contribution >= 4 is 11.7 Å². The van der Waals surface area contributed by atoms with Crippen molar-refractivity contribution in [1.29, 1.82) is 0 Å².